The van der Waals surface area contributed by atoms with E-state index >= 15 is 0 Å². The molecular formula is C12H28N2O2. The summed E-state index contributed by atoms with van der Waals surface area (Å²) in [5.41, 5.74) is 0. The average Bonchev–Trinajstić information content (AvgIpc) is 2.29. The van der Waals surface area contributed by atoms with Crippen LogP contribution in [0.15, 0.2) is 0 Å². The normalized spacial score (nSPS) is 15.4. The van der Waals surface area contributed by atoms with Crippen molar-refractivity contribution in [2.45, 2.75) is 32.9 Å². The summed E-state index contributed by atoms with van der Waals surface area (Å²) < 4.78 is 10.3. The molecule has 0 aromatic rings. The Morgan fingerprint density at radius 2 is 1.56 bits per heavy atom. The SMILES string of the molecule is CCNC(C)C(C)N(CCOC)CCOC. The number of hydrogen-bond acceptors (Lipinski definition) is 4. The van der Waals surface area contributed by atoms with E-state index in [1.807, 2.05) is 0 Å². The zero-order chi connectivity index (χ0) is 12.4. The van der Waals surface area contributed by atoms with E-state index in [-0.39, 0.29) is 0 Å². The van der Waals surface area contributed by atoms with Gasteiger partial charge in [-0.25, -0.2) is 0 Å². The van der Waals surface area contributed by atoms with Gasteiger partial charge in [-0.3, -0.25) is 4.90 Å². The van der Waals surface area contributed by atoms with Crippen LogP contribution in [0.25, 0.3) is 0 Å². The molecule has 0 heterocycles. The molecular weight excluding hydrogens is 204 g/mol. The molecule has 0 aromatic carbocycles. The highest BCUT2D eigenvalue weighted by Crippen LogP contribution is 2.04. The summed E-state index contributed by atoms with van der Waals surface area (Å²) in [6.07, 6.45) is 0. The summed E-state index contributed by atoms with van der Waals surface area (Å²) in [5, 5.41) is 3.46. The minimum absolute atomic E-state index is 0.485. The zero-order valence-electron chi connectivity index (χ0n) is 11.5. The topological polar surface area (TPSA) is 33.7 Å². The monoisotopic (exact) mass is 232 g/mol. The highest BCUT2D eigenvalue weighted by molar-refractivity contribution is 4.77. The maximum atomic E-state index is 5.14. The quantitative estimate of drug-likeness (QED) is 0.608. The van der Waals surface area contributed by atoms with E-state index in [9.17, 15) is 0 Å². The van der Waals surface area contributed by atoms with Gasteiger partial charge in [-0.2, -0.15) is 0 Å². The van der Waals surface area contributed by atoms with E-state index in [1.54, 1.807) is 14.2 Å². The van der Waals surface area contributed by atoms with Crippen molar-refractivity contribution in [3.8, 4) is 0 Å². The summed E-state index contributed by atoms with van der Waals surface area (Å²) in [7, 11) is 3.49. The van der Waals surface area contributed by atoms with Gasteiger partial charge in [-0.05, 0) is 20.4 Å². The molecule has 16 heavy (non-hydrogen) atoms. The van der Waals surface area contributed by atoms with Crippen LogP contribution >= 0.6 is 0 Å². The Morgan fingerprint density at radius 3 is 1.94 bits per heavy atom. The van der Waals surface area contributed by atoms with Crippen LogP contribution in [0, 0.1) is 0 Å². The van der Waals surface area contributed by atoms with Gasteiger partial charge in [0.1, 0.15) is 0 Å². The first kappa shape index (κ1) is 15.8. The lowest BCUT2D eigenvalue weighted by molar-refractivity contribution is 0.0818. The average molecular weight is 232 g/mol. The third-order valence-corrected chi connectivity index (χ3v) is 2.99. The first-order valence-electron chi connectivity index (χ1n) is 6.12. The van der Waals surface area contributed by atoms with Crippen LogP contribution in [0.2, 0.25) is 0 Å². The number of nitrogens with zero attached hydrogens (tertiary/aromatic N) is 1. The first-order chi connectivity index (χ1) is 7.67. The van der Waals surface area contributed by atoms with Crippen molar-refractivity contribution >= 4 is 0 Å². The molecule has 0 amide bonds. The van der Waals surface area contributed by atoms with Crippen molar-refractivity contribution in [1.29, 1.82) is 0 Å². The van der Waals surface area contributed by atoms with Crippen LogP contribution in [-0.4, -0.2) is 64.1 Å². The van der Waals surface area contributed by atoms with Crippen LogP contribution in [0.5, 0.6) is 0 Å². The Labute approximate surface area is 100 Å². The third kappa shape index (κ3) is 6.43. The number of likely N-dealkylation sites (N-methyl/N-ethyl adjacent to an activating group) is 1. The summed E-state index contributed by atoms with van der Waals surface area (Å²) in [4.78, 5) is 2.40. The van der Waals surface area contributed by atoms with Crippen molar-refractivity contribution < 1.29 is 9.47 Å². The molecule has 2 unspecified atom stereocenters. The third-order valence-electron chi connectivity index (χ3n) is 2.99. The molecule has 0 saturated heterocycles. The Bertz CT molecular complexity index is 148. The predicted molar refractivity (Wildman–Crippen MR) is 67.9 cm³/mol. The summed E-state index contributed by atoms with van der Waals surface area (Å²) in [5.74, 6) is 0. The smallest absolute Gasteiger partial charge is 0.0589 e. The minimum atomic E-state index is 0.485. The minimum Gasteiger partial charge on any atom is -0.383 e. The lowest BCUT2D eigenvalue weighted by Gasteiger charge is -2.33. The van der Waals surface area contributed by atoms with Crippen molar-refractivity contribution in [3.05, 3.63) is 0 Å². The second-order valence-electron chi connectivity index (χ2n) is 4.11. The Balaban J connectivity index is 4.11. The molecule has 1 N–H and O–H groups in total. The first-order valence-corrected chi connectivity index (χ1v) is 6.12. The summed E-state index contributed by atoms with van der Waals surface area (Å²) >= 11 is 0. The number of nitrogens with one attached hydrogen (secondary N) is 1. The molecule has 2 atom stereocenters. The molecule has 98 valence electrons. The van der Waals surface area contributed by atoms with Crippen LogP contribution in [0.4, 0.5) is 0 Å². The van der Waals surface area contributed by atoms with Gasteiger partial charge in [-0.15, -0.1) is 0 Å². The molecule has 0 saturated carbocycles. The van der Waals surface area contributed by atoms with Gasteiger partial charge in [0.15, 0.2) is 0 Å². The van der Waals surface area contributed by atoms with Gasteiger partial charge in [-0.1, -0.05) is 6.92 Å². The van der Waals surface area contributed by atoms with Crippen molar-refractivity contribution in [2.24, 2.45) is 0 Å². The van der Waals surface area contributed by atoms with E-state index in [2.05, 4.69) is 31.0 Å². The van der Waals surface area contributed by atoms with E-state index in [0.29, 0.717) is 12.1 Å². The molecule has 0 spiro atoms. The van der Waals surface area contributed by atoms with Crippen molar-refractivity contribution in [1.82, 2.24) is 10.2 Å². The fraction of sp³-hybridized carbons (Fsp3) is 1.00. The van der Waals surface area contributed by atoms with Gasteiger partial charge in [0.2, 0.25) is 0 Å². The van der Waals surface area contributed by atoms with Crippen LogP contribution in [-0.2, 0) is 9.47 Å². The number of rotatable bonds is 10. The van der Waals surface area contributed by atoms with Crippen molar-refractivity contribution in [2.75, 3.05) is 47.1 Å². The highest BCUT2D eigenvalue weighted by Gasteiger charge is 2.18. The molecule has 0 aromatic heterocycles. The van der Waals surface area contributed by atoms with Crippen molar-refractivity contribution in [3.63, 3.8) is 0 Å². The Morgan fingerprint density at radius 1 is 1.06 bits per heavy atom. The highest BCUT2D eigenvalue weighted by atomic mass is 16.5. The number of hydrogen-bond donors (Lipinski definition) is 1. The molecule has 0 aliphatic carbocycles. The maximum Gasteiger partial charge on any atom is 0.0589 e. The van der Waals surface area contributed by atoms with E-state index in [4.69, 9.17) is 9.47 Å². The standard InChI is InChI=1S/C12H28N2O2/c1-6-13-11(2)12(3)14(7-9-15-4)8-10-16-5/h11-13H,6-10H2,1-5H3. The molecule has 0 aliphatic heterocycles. The molecule has 4 heteroatoms. The van der Waals surface area contributed by atoms with Crippen LogP contribution in [0.1, 0.15) is 20.8 Å². The van der Waals surface area contributed by atoms with Gasteiger partial charge >= 0.3 is 0 Å². The second kappa shape index (κ2) is 10.0. The van der Waals surface area contributed by atoms with Gasteiger partial charge in [0.25, 0.3) is 0 Å². The largest absolute Gasteiger partial charge is 0.383 e. The molecule has 0 fully saturated rings. The van der Waals surface area contributed by atoms with E-state index in [1.165, 1.54) is 0 Å². The maximum absolute atomic E-state index is 5.14. The van der Waals surface area contributed by atoms with Gasteiger partial charge < -0.3 is 14.8 Å². The molecule has 0 bridgehead atoms. The fourth-order valence-electron chi connectivity index (χ4n) is 1.74. The summed E-state index contributed by atoms with van der Waals surface area (Å²) in [6, 6.07) is 0.976. The molecule has 4 nitrogen and oxygen atoms in total. The van der Waals surface area contributed by atoms with E-state index < -0.39 is 0 Å². The second-order valence-corrected chi connectivity index (χ2v) is 4.11. The van der Waals surface area contributed by atoms with Gasteiger partial charge in [0, 0.05) is 39.4 Å². The number of ether oxygens (including phenoxy) is 2. The van der Waals surface area contributed by atoms with Crippen LogP contribution in [0.3, 0.4) is 0 Å². The molecule has 0 rings (SSSR count). The zero-order valence-corrected chi connectivity index (χ0v) is 11.5. The predicted octanol–water partition coefficient (Wildman–Crippen LogP) is 0.968. The Kier molecular flexibility index (Phi) is 9.92. The van der Waals surface area contributed by atoms with Crippen LogP contribution < -0.4 is 5.32 Å². The van der Waals surface area contributed by atoms with Gasteiger partial charge in [0.05, 0.1) is 13.2 Å². The summed E-state index contributed by atoms with van der Waals surface area (Å²) in [6.45, 7) is 11.1. The lowest BCUT2D eigenvalue weighted by Crippen LogP contribution is -2.49. The fourth-order valence-corrected chi connectivity index (χ4v) is 1.74. The molecule has 0 radical (unpaired) electrons. The Hall–Kier alpha value is -0.160. The molecule has 0 aliphatic rings. The van der Waals surface area contributed by atoms with E-state index in [0.717, 1.165) is 32.8 Å². The lowest BCUT2D eigenvalue weighted by atomic mass is 10.1. The number of methoxy groups -OCH3 is 2.